The van der Waals surface area contributed by atoms with Gasteiger partial charge in [0.1, 0.15) is 5.52 Å². The van der Waals surface area contributed by atoms with Crippen molar-refractivity contribution in [2.75, 3.05) is 5.73 Å². The van der Waals surface area contributed by atoms with Crippen LogP contribution in [0, 0.1) is 0 Å². The van der Waals surface area contributed by atoms with Crippen LogP contribution in [-0.4, -0.2) is 19.7 Å². The molecule has 7 nitrogen and oxygen atoms in total. The molecule has 0 fully saturated rings. The number of aromatic amines is 1. The molecule has 0 unspecified atom stereocenters. The molecule has 2 aromatic heterocycles. The molecule has 22 heavy (non-hydrogen) atoms. The molecule has 0 aliphatic heterocycles. The molecule has 3 N–H and O–H groups in total. The van der Waals surface area contributed by atoms with E-state index in [4.69, 9.17) is 17.3 Å². The van der Waals surface area contributed by atoms with Gasteiger partial charge in [-0.1, -0.05) is 18.2 Å². The number of aromatic nitrogens is 4. The fourth-order valence-corrected chi connectivity index (χ4v) is 2.28. The van der Waals surface area contributed by atoms with E-state index in [9.17, 15) is 9.90 Å². The van der Waals surface area contributed by atoms with Crippen molar-refractivity contribution in [1.29, 1.82) is 0 Å². The Labute approximate surface area is 179 Å². The summed E-state index contributed by atoms with van der Waals surface area (Å²) < 4.78 is 1.43. The van der Waals surface area contributed by atoms with E-state index in [1.807, 2.05) is 0 Å². The van der Waals surface area contributed by atoms with Gasteiger partial charge in [-0.3, -0.25) is 14.5 Å². The number of nitrogens with zero attached hydrogens (tertiary/aromatic N) is 3. The summed E-state index contributed by atoms with van der Waals surface area (Å²) in [6.45, 7) is 0.180. The van der Waals surface area contributed by atoms with E-state index in [-0.39, 0.29) is 93.4 Å². The number of nitrogens with two attached hydrogens (primary N) is 1. The zero-order chi connectivity index (χ0) is 15.0. The van der Waals surface area contributed by atoms with Gasteiger partial charge < -0.3 is 10.8 Å². The predicted molar refractivity (Wildman–Crippen MR) is 77.1 cm³/mol. The van der Waals surface area contributed by atoms with Crippen molar-refractivity contribution in [2.45, 2.75) is 12.4 Å². The smallest absolute Gasteiger partial charge is 0.872 e. The average molecular weight is 390 g/mol. The monoisotopic (exact) mass is 389 g/mol. The summed E-state index contributed by atoms with van der Waals surface area (Å²) in [5.41, 5.74) is 7.03. The van der Waals surface area contributed by atoms with Gasteiger partial charge in [-0.25, -0.2) is 4.98 Å². The van der Waals surface area contributed by atoms with Crippen LogP contribution in [0.4, 0.5) is 5.95 Å². The van der Waals surface area contributed by atoms with Crippen LogP contribution in [-0.2, 0) is 12.4 Å². The van der Waals surface area contributed by atoms with Crippen LogP contribution in [0.3, 0.4) is 0 Å². The Balaban J connectivity index is 0.00000176. The standard InChI is InChI=1S/C13H12ClN5O2.Rb/c14-4-7-1-2-8(10(20)3-7)6-19-11-9(5-16-19)17-13(15)18-12(11)21;/h1-3,5,20H,4,6H2,(H3,15,17,18,21);/q;+1/p-1. The molecular formula is C13H11ClN5O2Rb. The van der Waals surface area contributed by atoms with Crippen molar-refractivity contribution in [3.05, 3.63) is 45.9 Å². The summed E-state index contributed by atoms with van der Waals surface area (Å²) in [7, 11) is 0. The van der Waals surface area contributed by atoms with Crippen LogP contribution in [0.15, 0.2) is 29.2 Å². The average Bonchev–Trinajstić information content (AvgIpc) is 2.84. The maximum absolute atomic E-state index is 12.0. The van der Waals surface area contributed by atoms with Crippen LogP contribution in [0.25, 0.3) is 11.0 Å². The summed E-state index contributed by atoms with van der Waals surface area (Å²) in [5, 5.41) is 16.1. The number of nitrogens with one attached hydrogen (secondary N) is 1. The molecule has 108 valence electrons. The van der Waals surface area contributed by atoms with Gasteiger partial charge in [0.2, 0.25) is 5.95 Å². The van der Waals surface area contributed by atoms with Crippen molar-refractivity contribution in [3.63, 3.8) is 0 Å². The third kappa shape index (κ3) is 3.43. The largest absolute Gasteiger partial charge is 1.00 e. The Morgan fingerprint density at radius 2 is 2.18 bits per heavy atom. The second-order valence-corrected chi connectivity index (χ2v) is 4.83. The van der Waals surface area contributed by atoms with E-state index < -0.39 is 0 Å². The number of anilines is 1. The number of benzene rings is 1. The predicted octanol–water partition coefficient (Wildman–Crippen LogP) is -2.43. The second kappa shape index (κ2) is 7.22. The molecule has 0 amide bonds. The van der Waals surface area contributed by atoms with Crippen molar-refractivity contribution in [2.24, 2.45) is 0 Å². The summed E-state index contributed by atoms with van der Waals surface area (Å²) in [4.78, 5) is 18.3. The number of hydrogen-bond acceptors (Lipinski definition) is 5. The van der Waals surface area contributed by atoms with E-state index in [2.05, 4.69) is 15.1 Å². The topological polar surface area (TPSA) is 113 Å². The van der Waals surface area contributed by atoms with Crippen molar-refractivity contribution >= 4 is 28.6 Å². The second-order valence-electron chi connectivity index (χ2n) is 4.56. The molecule has 1 aromatic carbocycles. The van der Waals surface area contributed by atoms with Crippen LogP contribution in [0.2, 0.25) is 0 Å². The molecule has 0 saturated heterocycles. The minimum absolute atomic E-state index is 0. The Hall–Kier alpha value is -0.735. The third-order valence-corrected chi connectivity index (χ3v) is 3.43. The molecular weight excluding hydrogens is 379 g/mol. The minimum Gasteiger partial charge on any atom is -0.872 e. The van der Waals surface area contributed by atoms with Gasteiger partial charge in [-0.2, -0.15) is 5.10 Å². The number of alkyl halides is 1. The molecule has 0 aliphatic rings. The molecule has 2 heterocycles. The number of nitrogen functional groups attached to an aromatic ring is 1. The number of rotatable bonds is 3. The van der Waals surface area contributed by atoms with E-state index >= 15 is 0 Å². The molecule has 9 heteroatoms. The van der Waals surface area contributed by atoms with E-state index in [1.54, 1.807) is 12.1 Å². The zero-order valence-electron chi connectivity index (χ0n) is 11.8. The van der Waals surface area contributed by atoms with E-state index in [1.165, 1.54) is 16.9 Å². The first kappa shape index (κ1) is 17.6. The Morgan fingerprint density at radius 1 is 1.41 bits per heavy atom. The first-order valence-electron chi connectivity index (χ1n) is 6.14. The van der Waals surface area contributed by atoms with Gasteiger partial charge in [-0.15, -0.1) is 17.4 Å². The van der Waals surface area contributed by atoms with Gasteiger partial charge in [0.25, 0.3) is 5.56 Å². The molecule has 3 aromatic rings. The van der Waals surface area contributed by atoms with Crippen LogP contribution >= 0.6 is 11.6 Å². The number of halogens is 1. The summed E-state index contributed by atoms with van der Waals surface area (Å²) in [6.07, 6.45) is 1.44. The molecule has 0 bridgehead atoms. The van der Waals surface area contributed by atoms with Gasteiger partial charge in [0, 0.05) is 5.88 Å². The molecule has 0 aliphatic carbocycles. The van der Waals surface area contributed by atoms with Crippen molar-refractivity contribution < 1.29 is 63.3 Å². The number of hydrogen-bond donors (Lipinski definition) is 2. The molecule has 0 atom stereocenters. The Kier molecular flexibility index (Phi) is 5.79. The maximum Gasteiger partial charge on any atom is 1.00 e. The van der Waals surface area contributed by atoms with Crippen LogP contribution in [0.5, 0.6) is 5.75 Å². The molecule has 0 radical (unpaired) electrons. The van der Waals surface area contributed by atoms with Gasteiger partial charge in [0.15, 0.2) is 5.52 Å². The van der Waals surface area contributed by atoms with Gasteiger partial charge in [-0.05, 0) is 11.1 Å². The quantitative estimate of drug-likeness (QED) is 0.483. The van der Waals surface area contributed by atoms with Gasteiger partial charge >= 0.3 is 58.2 Å². The van der Waals surface area contributed by atoms with Crippen molar-refractivity contribution in [3.8, 4) is 5.75 Å². The molecule has 0 spiro atoms. The minimum atomic E-state index is -0.389. The van der Waals surface area contributed by atoms with Crippen LogP contribution < -0.4 is 74.6 Å². The number of fused-ring (bicyclic) bond motifs is 1. The van der Waals surface area contributed by atoms with E-state index in [0.29, 0.717) is 11.1 Å². The third-order valence-electron chi connectivity index (χ3n) is 3.12. The molecule has 0 saturated carbocycles. The first-order valence-corrected chi connectivity index (χ1v) is 6.68. The SMILES string of the molecule is Nc1nc2cnn(Cc3ccc(CCl)cc3[O-])c2c(=O)[nH]1.[Rb+]. The first-order chi connectivity index (χ1) is 10.1. The van der Waals surface area contributed by atoms with Crippen molar-refractivity contribution in [1.82, 2.24) is 19.7 Å². The van der Waals surface area contributed by atoms with E-state index in [0.717, 1.165) is 5.56 Å². The van der Waals surface area contributed by atoms with Gasteiger partial charge in [0.05, 0.1) is 12.7 Å². The Bertz CT molecular complexity index is 876. The summed E-state index contributed by atoms with van der Waals surface area (Å²) >= 11 is 5.69. The Morgan fingerprint density at radius 3 is 2.86 bits per heavy atom. The zero-order valence-corrected chi connectivity index (χ0v) is 17.5. The molecule has 3 rings (SSSR count). The fourth-order valence-electron chi connectivity index (χ4n) is 2.12. The summed E-state index contributed by atoms with van der Waals surface area (Å²) in [5.74, 6) is 0.169. The van der Waals surface area contributed by atoms with Crippen LogP contribution in [0.1, 0.15) is 11.1 Å². The summed E-state index contributed by atoms with van der Waals surface area (Å²) in [6, 6.07) is 4.94. The maximum atomic E-state index is 12.0. The fraction of sp³-hybridized carbons (Fsp3) is 0.154. The normalized spacial score (nSPS) is 10.6. The number of H-pyrrole nitrogens is 1.